The van der Waals surface area contributed by atoms with E-state index in [0.29, 0.717) is 26.4 Å². The Morgan fingerprint density at radius 3 is 2.82 bits per heavy atom. The van der Waals surface area contributed by atoms with Crippen LogP contribution < -0.4 is 5.32 Å². The molecule has 0 unspecified atom stereocenters. The highest BCUT2D eigenvalue weighted by Gasteiger charge is 2.22. The molecule has 1 fully saturated rings. The standard InChI is InChI=1S/C16H20N2O3S/c1-11-12(2)22-16(18-5-3-4-6-18)14(11)15(19)17-9-13-10-20-7-8-21-13/h3-6,13H,7-10H2,1-2H3,(H,17,19)/t13-/m0/s1. The molecule has 0 saturated carbocycles. The normalized spacial score (nSPS) is 18.4. The Hall–Kier alpha value is -1.63. The lowest BCUT2D eigenvalue weighted by Gasteiger charge is -2.23. The van der Waals surface area contributed by atoms with Crippen molar-refractivity contribution in [1.29, 1.82) is 0 Å². The number of carbonyl (C=O) groups excluding carboxylic acids is 1. The van der Waals surface area contributed by atoms with Crippen LogP contribution in [-0.4, -0.2) is 42.9 Å². The minimum Gasteiger partial charge on any atom is -0.376 e. The van der Waals surface area contributed by atoms with Crippen LogP contribution in [0.1, 0.15) is 20.8 Å². The van der Waals surface area contributed by atoms with Gasteiger partial charge >= 0.3 is 0 Å². The van der Waals surface area contributed by atoms with E-state index in [-0.39, 0.29) is 12.0 Å². The van der Waals surface area contributed by atoms with Crippen molar-refractivity contribution in [2.75, 3.05) is 26.4 Å². The van der Waals surface area contributed by atoms with Crippen molar-refractivity contribution >= 4 is 17.2 Å². The highest BCUT2D eigenvalue weighted by Crippen LogP contribution is 2.30. The molecule has 1 aliphatic heterocycles. The molecule has 5 nitrogen and oxygen atoms in total. The lowest BCUT2D eigenvalue weighted by molar-refractivity contribution is -0.0855. The van der Waals surface area contributed by atoms with Gasteiger partial charge in [0.05, 0.1) is 31.5 Å². The quantitative estimate of drug-likeness (QED) is 0.940. The van der Waals surface area contributed by atoms with Crippen molar-refractivity contribution < 1.29 is 14.3 Å². The molecule has 2 aromatic rings. The maximum Gasteiger partial charge on any atom is 0.254 e. The zero-order valence-electron chi connectivity index (χ0n) is 12.8. The first kappa shape index (κ1) is 15.3. The summed E-state index contributed by atoms with van der Waals surface area (Å²) in [7, 11) is 0. The molecule has 3 rings (SSSR count). The summed E-state index contributed by atoms with van der Waals surface area (Å²) >= 11 is 1.63. The molecule has 1 N–H and O–H groups in total. The summed E-state index contributed by atoms with van der Waals surface area (Å²) in [5, 5.41) is 3.93. The molecule has 0 bridgehead atoms. The second-order valence-corrected chi connectivity index (χ2v) is 6.53. The first-order valence-electron chi connectivity index (χ1n) is 7.37. The molecule has 0 spiro atoms. The van der Waals surface area contributed by atoms with E-state index >= 15 is 0 Å². The van der Waals surface area contributed by atoms with Crippen LogP contribution in [0.4, 0.5) is 0 Å². The minimum absolute atomic E-state index is 0.0558. The third-order valence-electron chi connectivity index (χ3n) is 3.81. The van der Waals surface area contributed by atoms with Gasteiger partial charge in [-0.05, 0) is 31.5 Å². The van der Waals surface area contributed by atoms with Crippen molar-refractivity contribution in [3.8, 4) is 5.00 Å². The summed E-state index contributed by atoms with van der Waals surface area (Å²) in [5.41, 5.74) is 1.78. The number of nitrogens with one attached hydrogen (secondary N) is 1. The van der Waals surface area contributed by atoms with E-state index in [9.17, 15) is 4.79 Å². The molecule has 0 aromatic carbocycles. The van der Waals surface area contributed by atoms with Gasteiger partial charge in [-0.15, -0.1) is 11.3 Å². The Labute approximate surface area is 133 Å². The maximum atomic E-state index is 12.6. The second-order valence-electron chi connectivity index (χ2n) is 5.33. The molecule has 1 atom stereocenters. The fourth-order valence-corrected chi connectivity index (χ4v) is 3.60. The number of carbonyl (C=O) groups is 1. The predicted molar refractivity (Wildman–Crippen MR) is 86.0 cm³/mol. The van der Waals surface area contributed by atoms with E-state index in [2.05, 4.69) is 5.32 Å². The van der Waals surface area contributed by atoms with Crippen LogP contribution in [0.3, 0.4) is 0 Å². The molecule has 118 valence electrons. The van der Waals surface area contributed by atoms with Gasteiger partial charge in [0.1, 0.15) is 5.00 Å². The highest BCUT2D eigenvalue weighted by atomic mass is 32.1. The number of hydrogen-bond donors (Lipinski definition) is 1. The van der Waals surface area contributed by atoms with Crippen LogP contribution in [0.15, 0.2) is 24.5 Å². The van der Waals surface area contributed by atoms with E-state index in [4.69, 9.17) is 9.47 Å². The fraction of sp³-hybridized carbons (Fsp3) is 0.438. The molecule has 6 heteroatoms. The Bertz CT molecular complexity index is 643. The number of ether oxygens (including phenoxy) is 2. The molecule has 1 amide bonds. The molecule has 3 heterocycles. The van der Waals surface area contributed by atoms with E-state index in [1.54, 1.807) is 11.3 Å². The number of thiophene rings is 1. The van der Waals surface area contributed by atoms with Crippen LogP contribution >= 0.6 is 11.3 Å². The molecule has 0 radical (unpaired) electrons. The van der Waals surface area contributed by atoms with Gasteiger partial charge in [0, 0.05) is 23.8 Å². The molecule has 0 aliphatic carbocycles. The van der Waals surface area contributed by atoms with Crippen LogP contribution in [0.5, 0.6) is 0 Å². The van der Waals surface area contributed by atoms with Crippen LogP contribution in [-0.2, 0) is 9.47 Å². The van der Waals surface area contributed by atoms with Crippen LogP contribution in [0, 0.1) is 13.8 Å². The number of aromatic nitrogens is 1. The summed E-state index contributed by atoms with van der Waals surface area (Å²) < 4.78 is 12.9. The van der Waals surface area contributed by atoms with Gasteiger partial charge in [0.15, 0.2) is 0 Å². The lowest BCUT2D eigenvalue weighted by atomic mass is 10.1. The van der Waals surface area contributed by atoms with E-state index in [0.717, 1.165) is 21.0 Å². The number of amides is 1. The molecule has 2 aromatic heterocycles. The van der Waals surface area contributed by atoms with Gasteiger partial charge in [-0.1, -0.05) is 0 Å². The Morgan fingerprint density at radius 1 is 1.36 bits per heavy atom. The topological polar surface area (TPSA) is 52.5 Å². The number of nitrogens with zero attached hydrogens (tertiary/aromatic N) is 1. The monoisotopic (exact) mass is 320 g/mol. The minimum atomic E-state index is -0.0623. The SMILES string of the molecule is Cc1sc(-n2cccc2)c(C(=O)NC[C@H]2COCCO2)c1C. The maximum absolute atomic E-state index is 12.6. The summed E-state index contributed by atoms with van der Waals surface area (Å²) in [5.74, 6) is -0.0558. The first-order chi connectivity index (χ1) is 10.7. The van der Waals surface area contributed by atoms with Gasteiger partial charge in [0.25, 0.3) is 5.91 Å². The number of rotatable bonds is 4. The van der Waals surface area contributed by atoms with Gasteiger partial charge in [-0.25, -0.2) is 0 Å². The summed E-state index contributed by atoms with van der Waals surface area (Å²) in [6.45, 7) is 6.26. The predicted octanol–water partition coefficient (Wildman–Crippen LogP) is 2.30. The first-order valence-corrected chi connectivity index (χ1v) is 8.19. The van der Waals surface area contributed by atoms with Gasteiger partial charge in [-0.2, -0.15) is 0 Å². The molecular formula is C16H20N2O3S. The van der Waals surface area contributed by atoms with Gasteiger partial charge in [0.2, 0.25) is 0 Å². The smallest absolute Gasteiger partial charge is 0.254 e. The van der Waals surface area contributed by atoms with Crippen LogP contribution in [0.2, 0.25) is 0 Å². The Morgan fingerprint density at radius 2 is 2.14 bits per heavy atom. The highest BCUT2D eigenvalue weighted by molar-refractivity contribution is 7.15. The number of aryl methyl sites for hydroxylation is 1. The Balaban J connectivity index is 1.77. The summed E-state index contributed by atoms with van der Waals surface area (Å²) in [6.07, 6.45) is 3.85. The lowest BCUT2D eigenvalue weighted by Crippen LogP contribution is -2.40. The third-order valence-corrected chi connectivity index (χ3v) is 5.03. The van der Waals surface area contributed by atoms with Crippen molar-refractivity contribution in [2.24, 2.45) is 0 Å². The van der Waals surface area contributed by atoms with Crippen molar-refractivity contribution in [3.05, 3.63) is 40.5 Å². The third kappa shape index (κ3) is 3.09. The molecule has 1 saturated heterocycles. The number of hydrogen-bond acceptors (Lipinski definition) is 4. The molecule has 1 aliphatic rings. The Kier molecular flexibility index (Phi) is 4.61. The van der Waals surface area contributed by atoms with Crippen LogP contribution in [0.25, 0.3) is 5.00 Å². The van der Waals surface area contributed by atoms with Crippen molar-refractivity contribution in [3.63, 3.8) is 0 Å². The fourth-order valence-electron chi connectivity index (χ4n) is 2.48. The van der Waals surface area contributed by atoms with E-state index < -0.39 is 0 Å². The second kappa shape index (κ2) is 6.64. The molecular weight excluding hydrogens is 300 g/mol. The van der Waals surface area contributed by atoms with Gasteiger partial charge in [-0.3, -0.25) is 4.79 Å². The largest absolute Gasteiger partial charge is 0.376 e. The summed E-state index contributed by atoms with van der Waals surface area (Å²) in [6, 6.07) is 3.92. The zero-order valence-corrected chi connectivity index (χ0v) is 13.6. The van der Waals surface area contributed by atoms with Crippen molar-refractivity contribution in [1.82, 2.24) is 9.88 Å². The van der Waals surface area contributed by atoms with E-state index in [1.807, 2.05) is 42.9 Å². The molecule has 22 heavy (non-hydrogen) atoms. The van der Waals surface area contributed by atoms with Crippen molar-refractivity contribution in [2.45, 2.75) is 20.0 Å². The summed E-state index contributed by atoms with van der Waals surface area (Å²) in [4.78, 5) is 13.8. The zero-order chi connectivity index (χ0) is 15.5. The average molecular weight is 320 g/mol. The van der Waals surface area contributed by atoms with E-state index in [1.165, 1.54) is 0 Å². The average Bonchev–Trinajstić information content (AvgIpc) is 3.15. The van der Waals surface area contributed by atoms with Gasteiger partial charge < -0.3 is 19.4 Å².